The third-order valence-electron chi connectivity index (χ3n) is 4.40. The van der Waals surface area contributed by atoms with Crippen LogP contribution in [0.15, 0.2) is 66.2 Å². The minimum atomic E-state index is -0.678. The molecule has 1 aromatic heterocycles. The molecule has 2 unspecified atom stereocenters. The first-order valence-electron chi connectivity index (χ1n) is 7.50. The van der Waals surface area contributed by atoms with Crippen molar-refractivity contribution in [2.45, 2.75) is 18.6 Å². The Morgan fingerprint density at radius 2 is 2.09 bits per heavy atom. The molecule has 0 fully saturated rings. The van der Waals surface area contributed by atoms with Crippen molar-refractivity contribution in [2.75, 3.05) is 0 Å². The molecule has 4 rings (SSSR count). The van der Waals surface area contributed by atoms with E-state index in [4.69, 9.17) is 0 Å². The molecule has 3 aromatic rings. The second-order valence-corrected chi connectivity index (χ2v) is 5.73. The van der Waals surface area contributed by atoms with E-state index in [2.05, 4.69) is 26.9 Å². The number of hydrogen-bond donors (Lipinski definition) is 1. The molecule has 1 aliphatic heterocycles. The normalized spacial score (nSPS) is 16.7. The molecule has 0 radical (unpaired) electrons. The van der Waals surface area contributed by atoms with Crippen LogP contribution < -0.4 is 0 Å². The molecule has 5 heteroatoms. The molecule has 0 saturated heterocycles. The van der Waals surface area contributed by atoms with Gasteiger partial charge in [0.25, 0.3) is 0 Å². The average Bonchev–Trinajstić information content (AvgIpc) is 3.18. The SMILES string of the molecule is O=Nc1cccc(C(O)CC2c3ccccc3-c3cncn32)c1. The second kappa shape index (κ2) is 5.44. The zero-order valence-electron chi connectivity index (χ0n) is 12.3. The molecule has 2 heterocycles. The first-order chi connectivity index (χ1) is 11.3. The monoisotopic (exact) mass is 305 g/mol. The van der Waals surface area contributed by atoms with Crippen molar-refractivity contribution in [2.24, 2.45) is 5.18 Å². The first-order valence-corrected chi connectivity index (χ1v) is 7.50. The Bertz CT molecular complexity index is 872. The minimum Gasteiger partial charge on any atom is -0.388 e. The maximum absolute atomic E-state index is 10.7. The van der Waals surface area contributed by atoms with Crippen molar-refractivity contribution in [3.05, 3.63) is 77.1 Å². The number of benzene rings is 2. The van der Waals surface area contributed by atoms with E-state index in [9.17, 15) is 10.0 Å². The summed E-state index contributed by atoms with van der Waals surface area (Å²) in [5.74, 6) is 0. The molecular weight excluding hydrogens is 290 g/mol. The molecule has 1 aliphatic rings. The number of aliphatic hydroxyl groups excluding tert-OH is 1. The van der Waals surface area contributed by atoms with Crippen molar-refractivity contribution >= 4 is 5.69 Å². The summed E-state index contributed by atoms with van der Waals surface area (Å²) in [5.41, 5.74) is 4.45. The summed E-state index contributed by atoms with van der Waals surface area (Å²) < 4.78 is 2.09. The van der Waals surface area contributed by atoms with Crippen LogP contribution in [0.4, 0.5) is 5.69 Å². The Kier molecular flexibility index (Phi) is 3.28. The number of nitrogens with zero attached hydrogens (tertiary/aromatic N) is 3. The van der Waals surface area contributed by atoms with Crippen LogP contribution in [0.1, 0.15) is 29.7 Å². The predicted octanol–water partition coefficient (Wildman–Crippen LogP) is 3.97. The molecule has 0 spiro atoms. The molecule has 0 amide bonds. The van der Waals surface area contributed by atoms with Gasteiger partial charge in [-0.1, -0.05) is 36.4 Å². The number of fused-ring (bicyclic) bond motifs is 3. The van der Waals surface area contributed by atoms with Crippen LogP contribution in [0.2, 0.25) is 0 Å². The lowest BCUT2D eigenvalue weighted by Crippen LogP contribution is -2.10. The molecular formula is C18H15N3O2. The number of nitroso groups, excluding NO2 is 1. The minimum absolute atomic E-state index is 0.0338. The third kappa shape index (κ3) is 2.26. The van der Waals surface area contributed by atoms with Crippen molar-refractivity contribution in [3.63, 3.8) is 0 Å². The van der Waals surface area contributed by atoms with Gasteiger partial charge in [-0.25, -0.2) is 4.98 Å². The van der Waals surface area contributed by atoms with Crippen LogP contribution in [0, 0.1) is 4.91 Å². The number of hydrogen-bond acceptors (Lipinski definition) is 4. The standard InChI is InChI=1S/C18H15N3O2/c22-18(12-4-3-5-13(8-12)20-23)9-16-14-6-1-2-7-15(14)17-10-19-11-21(16)17/h1-8,10-11,16,18,22H,9H2. The fourth-order valence-electron chi connectivity index (χ4n) is 3.31. The largest absolute Gasteiger partial charge is 0.388 e. The van der Waals surface area contributed by atoms with E-state index in [0.717, 1.165) is 11.3 Å². The van der Waals surface area contributed by atoms with Crippen LogP contribution in [-0.2, 0) is 0 Å². The van der Waals surface area contributed by atoms with Crippen LogP contribution in [0.5, 0.6) is 0 Å². The van der Waals surface area contributed by atoms with Gasteiger partial charge >= 0.3 is 0 Å². The van der Waals surface area contributed by atoms with Gasteiger partial charge < -0.3 is 9.67 Å². The average molecular weight is 305 g/mol. The van der Waals surface area contributed by atoms with E-state index >= 15 is 0 Å². The van der Waals surface area contributed by atoms with Crippen molar-refractivity contribution in [1.29, 1.82) is 0 Å². The van der Waals surface area contributed by atoms with Gasteiger partial charge in [-0.15, -0.1) is 4.91 Å². The van der Waals surface area contributed by atoms with Gasteiger partial charge in [0.05, 0.1) is 30.4 Å². The van der Waals surface area contributed by atoms with E-state index < -0.39 is 6.10 Å². The van der Waals surface area contributed by atoms with Crippen molar-refractivity contribution < 1.29 is 5.11 Å². The highest BCUT2D eigenvalue weighted by Gasteiger charge is 2.30. The maximum atomic E-state index is 10.7. The summed E-state index contributed by atoms with van der Waals surface area (Å²) in [6.45, 7) is 0. The highest BCUT2D eigenvalue weighted by atomic mass is 16.3. The molecule has 5 nitrogen and oxygen atoms in total. The van der Waals surface area contributed by atoms with Gasteiger partial charge in [0.15, 0.2) is 0 Å². The summed E-state index contributed by atoms with van der Waals surface area (Å²) >= 11 is 0. The third-order valence-corrected chi connectivity index (χ3v) is 4.40. The number of rotatable bonds is 4. The van der Waals surface area contributed by atoms with Gasteiger partial charge in [0.1, 0.15) is 5.69 Å². The highest BCUT2D eigenvalue weighted by molar-refractivity contribution is 5.68. The molecule has 2 aromatic carbocycles. The van der Waals surface area contributed by atoms with Gasteiger partial charge in [0.2, 0.25) is 0 Å². The van der Waals surface area contributed by atoms with Crippen LogP contribution >= 0.6 is 0 Å². The van der Waals surface area contributed by atoms with E-state index in [1.165, 1.54) is 5.56 Å². The summed E-state index contributed by atoms with van der Waals surface area (Å²) in [6, 6.07) is 15.0. The fraction of sp³-hybridized carbons (Fsp3) is 0.167. The summed E-state index contributed by atoms with van der Waals surface area (Å²) in [4.78, 5) is 14.9. The predicted molar refractivity (Wildman–Crippen MR) is 87.3 cm³/mol. The van der Waals surface area contributed by atoms with E-state index in [1.807, 2.05) is 24.4 Å². The summed E-state index contributed by atoms with van der Waals surface area (Å²) in [5, 5.41) is 13.5. The number of aliphatic hydroxyl groups is 1. The Balaban J connectivity index is 1.67. The zero-order chi connectivity index (χ0) is 15.8. The van der Waals surface area contributed by atoms with Gasteiger partial charge in [-0.2, -0.15) is 0 Å². The molecule has 0 aliphatic carbocycles. The van der Waals surface area contributed by atoms with Crippen molar-refractivity contribution in [3.8, 4) is 11.3 Å². The topological polar surface area (TPSA) is 67.5 Å². The van der Waals surface area contributed by atoms with Gasteiger partial charge in [-0.3, -0.25) is 0 Å². The summed E-state index contributed by atoms with van der Waals surface area (Å²) in [7, 11) is 0. The molecule has 0 bridgehead atoms. The van der Waals surface area contributed by atoms with Gasteiger partial charge in [-0.05, 0) is 28.4 Å². The van der Waals surface area contributed by atoms with Crippen molar-refractivity contribution in [1.82, 2.24) is 9.55 Å². The Morgan fingerprint density at radius 1 is 1.22 bits per heavy atom. The Hall–Kier alpha value is -2.79. The number of aromatic nitrogens is 2. The maximum Gasteiger partial charge on any atom is 0.108 e. The Morgan fingerprint density at radius 3 is 2.96 bits per heavy atom. The lowest BCUT2D eigenvalue weighted by molar-refractivity contribution is 0.154. The van der Waals surface area contributed by atoms with E-state index in [-0.39, 0.29) is 6.04 Å². The molecule has 0 saturated carbocycles. The second-order valence-electron chi connectivity index (χ2n) is 5.73. The summed E-state index contributed by atoms with van der Waals surface area (Å²) in [6.07, 6.45) is 3.49. The highest BCUT2D eigenvalue weighted by Crippen LogP contribution is 2.43. The van der Waals surface area contributed by atoms with Crippen LogP contribution in [-0.4, -0.2) is 14.7 Å². The fourth-order valence-corrected chi connectivity index (χ4v) is 3.31. The lowest BCUT2D eigenvalue weighted by Gasteiger charge is -2.19. The smallest absolute Gasteiger partial charge is 0.108 e. The molecule has 2 atom stereocenters. The first kappa shape index (κ1) is 13.8. The quantitative estimate of drug-likeness (QED) is 0.741. The van der Waals surface area contributed by atoms with Gasteiger partial charge in [0, 0.05) is 12.0 Å². The van der Waals surface area contributed by atoms with Crippen LogP contribution in [0.25, 0.3) is 11.3 Å². The molecule has 114 valence electrons. The molecule has 1 N–H and O–H groups in total. The van der Waals surface area contributed by atoms with E-state index in [1.54, 1.807) is 24.5 Å². The number of imidazole rings is 1. The zero-order valence-corrected chi connectivity index (χ0v) is 12.3. The van der Waals surface area contributed by atoms with E-state index in [0.29, 0.717) is 17.7 Å². The lowest BCUT2D eigenvalue weighted by atomic mass is 9.95. The molecule has 23 heavy (non-hydrogen) atoms. The van der Waals surface area contributed by atoms with Crippen LogP contribution in [0.3, 0.4) is 0 Å². The Labute approximate surface area is 133 Å².